The summed E-state index contributed by atoms with van der Waals surface area (Å²) in [6, 6.07) is 10.8. The quantitative estimate of drug-likeness (QED) is 0.0831. The third-order valence-electron chi connectivity index (χ3n) is 8.44. The van der Waals surface area contributed by atoms with Gasteiger partial charge in [0, 0.05) is 23.9 Å². The summed E-state index contributed by atoms with van der Waals surface area (Å²) in [7, 11) is 0. The van der Waals surface area contributed by atoms with Crippen molar-refractivity contribution in [3.8, 4) is 29.1 Å². The predicted molar refractivity (Wildman–Crippen MR) is 156 cm³/mol. The van der Waals surface area contributed by atoms with Gasteiger partial charge in [0.05, 0.1) is 24.0 Å². The van der Waals surface area contributed by atoms with E-state index in [0.29, 0.717) is 40.5 Å². The molecule has 2 saturated heterocycles. The van der Waals surface area contributed by atoms with E-state index < -0.39 is 11.9 Å². The van der Waals surface area contributed by atoms with Crippen molar-refractivity contribution in [2.75, 3.05) is 19.7 Å². The first-order chi connectivity index (χ1) is 20.5. The lowest BCUT2D eigenvalue weighted by molar-refractivity contribution is -0.135. The van der Waals surface area contributed by atoms with Crippen LogP contribution in [-0.4, -0.2) is 48.4 Å². The van der Waals surface area contributed by atoms with Crippen molar-refractivity contribution in [3.63, 3.8) is 0 Å². The molecule has 3 aromatic rings. The molecule has 2 aromatic carbocycles. The average Bonchev–Trinajstić information content (AvgIpc) is 3.40. The summed E-state index contributed by atoms with van der Waals surface area (Å²) in [6.07, 6.45) is 7.23. The molecule has 2 unspecified atom stereocenters. The first-order valence-corrected chi connectivity index (χ1v) is 15.0. The smallest absolute Gasteiger partial charge is 0.389 e. The van der Waals surface area contributed by atoms with E-state index in [-0.39, 0.29) is 41.8 Å². The Morgan fingerprint density at radius 1 is 1.07 bits per heavy atom. The molecule has 0 bridgehead atoms. The highest BCUT2D eigenvalue weighted by atomic mass is 16.6. The maximum atomic E-state index is 14.3. The van der Waals surface area contributed by atoms with Crippen molar-refractivity contribution in [1.82, 2.24) is 4.90 Å². The van der Waals surface area contributed by atoms with Crippen molar-refractivity contribution in [3.05, 3.63) is 53.3 Å². The molecule has 2 fully saturated rings. The average molecular weight is 570 g/mol. The molecule has 8 heteroatoms. The Morgan fingerprint density at radius 3 is 2.83 bits per heavy atom. The number of fused-ring (bicyclic) bond motifs is 4. The zero-order chi connectivity index (χ0) is 29.1. The number of furan rings is 1. The molecule has 42 heavy (non-hydrogen) atoms. The number of hydrogen-bond donors (Lipinski definition) is 0. The second kappa shape index (κ2) is 12.4. The van der Waals surface area contributed by atoms with Gasteiger partial charge in [-0.15, -0.1) is 0 Å². The molecule has 2 atom stereocenters. The van der Waals surface area contributed by atoms with Gasteiger partial charge in [-0.3, -0.25) is 9.59 Å². The van der Waals surface area contributed by atoms with Crippen molar-refractivity contribution in [1.29, 1.82) is 0 Å². The van der Waals surface area contributed by atoms with E-state index in [4.69, 9.17) is 18.6 Å². The van der Waals surface area contributed by atoms with E-state index >= 15 is 0 Å². The first kappa shape index (κ1) is 28.0. The normalized spacial score (nSPS) is 20.9. The topological polar surface area (TPSA) is 95.3 Å². The molecule has 0 N–H and O–H groups in total. The molecule has 4 heterocycles. The molecule has 6 rings (SSSR count). The van der Waals surface area contributed by atoms with Crippen LogP contribution in [0.25, 0.3) is 11.0 Å². The van der Waals surface area contributed by atoms with Crippen LogP contribution in [0.2, 0.25) is 0 Å². The van der Waals surface area contributed by atoms with Crippen molar-refractivity contribution < 1.29 is 33.0 Å². The molecule has 218 valence electrons. The van der Waals surface area contributed by atoms with Gasteiger partial charge in [-0.05, 0) is 75.4 Å². The van der Waals surface area contributed by atoms with Crippen LogP contribution in [0.15, 0.2) is 40.8 Å². The number of hydrogen-bond acceptors (Lipinski definition) is 8. The SMILES string of the molecule is CCCCOc1ccccc1C(=O)c1oc2ccc3c(c2c1C1CCN2CCCCC2C1)OC(=O)C#CCCC(=O)O3. The van der Waals surface area contributed by atoms with E-state index in [0.717, 1.165) is 45.2 Å². The molecule has 0 spiro atoms. The Balaban J connectivity index is 1.51. The fourth-order valence-electron chi connectivity index (χ4n) is 6.38. The van der Waals surface area contributed by atoms with Gasteiger partial charge >= 0.3 is 11.9 Å². The van der Waals surface area contributed by atoms with Crippen LogP contribution < -0.4 is 14.2 Å². The maximum Gasteiger partial charge on any atom is 0.389 e. The van der Waals surface area contributed by atoms with E-state index in [2.05, 4.69) is 23.7 Å². The number of ether oxygens (including phenoxy) is 3. The lowest BCUT2D eigenvalue weighted by atomic mass is 9.80. The first-order valence-electron chi connectivity index (χ1n) is 15.0. The Hall–Kier alpha value is -4.09. The van der Waals surface area contributed by atoms with Crippen molar-refractivity contribution >= 4 is 28.7 Å². The highest BCUT2D eigenvalue weighted by molar-refractivity contribution is 6.13. The largest absolute Gasteiger partial charge is 0.493 e. The van der Waals surface area contributed by atoms with E-state index in [1.54, 1.807) is 24.3 Å². The monoisotopic (exact) mass is 569 g/mol. The second-order valence-corrected chi connectivity index (χ2v) is 11.2. The summed E-state index contributed by atoms with van der Waals surface area (Å²) >= 11 is 0. The summed E-state index contributed by atoms with van der Waals surface area (Å²) in [6.45, 7) is 4.58. The molecule has 0 amide bonds. The Bertz CT molecular complexity index is 1580. The fraction of sp³-hybridized carbons (Fsp3) is 0.441. The molecule has 3 aliphatic heterocycles. The zero-order valence-electron chi connectivity index (χ0n) is 23.9. The number of benzene rings is 2. The molecular weight excluding hydrogens is 534 g/mol. The van der Waals surface area contributed by atoms with Gasteiger partial charge in [-0.1, -0.05) is 37.8 Å². The highest BCUT2D eigenvalue weighted by Crippen LogP contribution is 2.48. The van der Waals surface area contributed by atoms with E-state index in [1.807, 2.05) is 12.1 Å². The molecule has 1 aromatic heterocycles. The third kappa shape index (κ3) is 5.66. The van der Waals surface area contributed by atoms with Crippen LogP contribution in [0.5, 0.6) is 17.2 Å². The van der Waals surface area contributed by atoms with Gasteiger partial charge in [0.15, 0.2) is 17.3 Å². The number of para-hydroxylation sites is 1. The van der Waals surface area contributed by atoms with Crippen LogP contribution in [0.4, 0.5) is 0 Å². The highest BCUT2D eigenvalue weighted by Gasteiger charge is 2.37. The second-order valence-electron chi connectivity index (χ2n) is 11.2. The standard InChI is InChI=1S/C34H35NO7/c1-2-3-20-39-25-12-5-4-11-24(25)32(38)34-30(22-17-19-35-18-9-8-10-23(35)21-22)31-26(41-34)15-16-27-33(31)42-29(37)14-7-6-13-28(36)40-27/h4-5,11-12,15-16,22-23H,2-3,6,8-10,13,17-21H2,1H3. The summed E-state index contributed by atoms with van der Waals surface area (Å²) in [4.78, 5) is 42.1. The van der Waals surface area contributed by atoms with E-state index in [1.165, 1.54) is 12.8 Å². The number of carbonyl (C=O) groups excluding carboxylic acids is 3. The molecular formula is C34H35NO7. The fourth-order valence-corrected chi connectivity index (χ4v) is 6.38. The van der Waals surface area contributed by atoms with Crippen LogP contribution in [-0.2, 0) is 9.59 Å². The molecule has 0 saturated carbocycles. The minimum Gasteiger partial charge on any atom is -0.493 e. The zero-order valence-corrected chi connectivity index (χ0v) is 23.9. The van der Waals surface area contributed by atoms with E-state index in [9.17, 15) is 14.4 Å². The van der Waals surface area contributed by atoms with Crippen molar-refractivity contribution in [2.45, 2.75) is 76.7 Å². The summed E-state index contributed by atoms with van der Waals surface area (Å²) < 4.78 is 23.8. The van der Waals surface area contributed by atoms with Gasteiger partial charge in [-0.25, -0.2) is 4.79 Å². The van der Waals surface area contributed by atoms with Crippen LogP contribution in [0, 0.1) is 11.8 Å². The third-order valence-corrected chi connectivity index (χ3v) is 8.44. The minimum absolute atomic E-state index is 0.0277. The van der Waals surface area contributed by atoms with Crippen LogP contribution in [0.1, 0.15) is 92.3 Å². The summed E-state index contributed by atoms with van der Waals surface area (Å²) in [5.41, 5.74) is 1.49. The number of nitrogens with zero attached hydrogens (tertiary/aromatic N) is 1. The Kier molecular flexibility index (Phi) is 8.29. The molecule has 0 aliphatic carbocycles. The van der Waals surface area contributed by atoms with Gasteiger partial charge in [0.2, 0.25) is 5.78 Å². The van der Waals surface area contributed by atoms with Gasteiger partial charge in [0.25, 0.3) is 0 Å². The number of unbranched alkanes of at least 4 members (excludes halogenated alkanes) is 1. The molecule has 3 aliphatic rings. The number of carbonyl (C=O) groups is 3. The number of rotatable bonds is 7. The van der Waals surface area contributed by atoms with Gasteiger partial charge < -0.3 is 23.5 Å². The lowest BCUT2D eigenvalue weighted by Crippen LogP contribution is -2.44. The summed E-state index contributed by atoms with van der Waals surface area (Å²) in [5, 5.41) is 0.484. The minimum atomic E-state index is -0.751. The lowest BCUT2D eigenvalue weighted by Gasteiger charge is -2.42. The van der Waals surface area contributed by atoms with Gasteiger partial charge in [-0.2, -0.15) is 0 Å². The number of piperidine rings is 2. The Morgan fingerprint density at radius 2 is 1.95 bits per heavy atom. The Labute approximate surface area is 245 Å². The molecule has 8 nitrogen and oxygen atoms in total. The molecule has 0 radical (unpaired) electrons. The van der Waals surface area contributed by atoms with Crippen LogP contribution in [0.3, 0.4) is 0 Å². The predicted octanol–water partition coefficient (Wildman–Crippen LogP) is 6.18. The van der Waals surface area contributed by atoms with Gasteiger partial charge in [0.1, 0.15) is 11.3 Å². The van der Waals surface area contributed by atoms with Crippen molar-refractivity contribution in [2.24, 2.45) is 0 Å². The maximum absolute atomic E-state index is 14.3. The van der Waals surface area contributed by atoms with Crippen LogP contribution >= 0.6 is 0 Å². The number of esters is 2. The number of ketones is 1. The summed E-state index contributed by atoms with van der Waals surface area (Å²) in [5.74, 6) is 4.47.